The number of hydrogen-bond donors (Lipinski definition) is 1. The smallest absolute Gasteiger partial charge is 0.251 e. The summed E-state index contributed by atoms with van der Waals surface area (Å²) in [6, 6.07) is 16.5. The van der Waals surface area contributed by atoms with Crippen molar-refractivity contribution in [3.8, 4) is 0 Å². The van der Waals surface area contributed by atoms with E-state index in [4.69, 9.17) is 0 Å². The second-order valence-corrected chi connectivity index (χ2v) is 6.62. The minimum atomic E-state index is 0.0485. The van der Waals surface area contributed by atoms with E-state index in [1.54, 1.807) is 0 Å². The van der Waals surface area contributed by atoms with Crippen LogP contribution < -0.4 is 5.32 Å². The molecule has 1 saturated carbocycles. The van der Waals surface area contributed by atoms with Crippen LogP contribution in [0.4, 0.5) is 0 Å². The van der Waals surface area contributed by atoms with Crippen LogP contribution in [0.2, 0.25) is 0 Å². The summed E-state index contributed by atoms with van der Waals surface area (Å²) in [4.78, 5) is 12.2. The number of hydrogen-bond acceptors (Lipinski definition) is 1. The number of carbonyl (C=O) groups is 1. The lowest BCUT2D eigenvalue weighted by Gasteiger charge is -2.36. The number of rotatable bonds is 3. The van der Waals surface area contributed by atoms with Gasteiger partial charge in [0.2, 0.25) is 0 Å². The van der Waals surface area contributed by atoms with Crippen LogP contribution in [0.3, 0.4) is 0 Å². The molecule has 0 bridgehead atoms. The normalized spacial score (nSPS) is 20.7. The topological polar surface area (TPSA) is 29.1 Å². The van der Waals surface area contributed by atoms with Crippen molar-refractivity contribution in [2.24, 2.45) is 0 Å². The molecule has 0 aromatic heterocycles. The molecule has 1 N–H and O–H groups in total. The summed E-state index contributed by atoms with van der Waals surface area (Å²) in [5.41, 5.74) is 3.17. The Morgan fingerprint density at radius 1 is 1.10 bits per heavy atom. The van der Waals surface area contributed by atoms with Crippen molar-refractivity contribution < 1.29 is 4.79 Å². The average Bonchev–Trinajstić information content (AvgIpc) is 2.44. The van der Waals surface area contributed by atoms with E-state index in [-0.39, 0.29) is 5.91 Å². The van der Waals surface area contributed by atoms with Gasteiger partial charge in [0.15, 0.2) is 0 Å². The molecule has 1 aliphatic carbocycles. The monoisotopic (exact) mass is 343 g/mol. The van der Waals surface area contributed by atoms with Crippen LogP contribution in [0.15, 0.2) is 53.0 Å². The molecule has 0 spiro atoms. The third-order valence-corrected chi connectivity index (χ3v) is 4.73. The van der Waals surface area contributed by atoms with E-state index in [0.717, 1.165) is 28.4 Å². The fraction of sp³-hybridized carbons (Fsp3) is 0.278. The van der Waals surface area contributed by atoms with Crippen molar-refractivity contribution in [1.29, 1.82) is 0 Å². The molecule has 108 valence electrons. The van der Waals surface area contributed by atoms with Gasteiger partial charge in [-0.2, -0.15) is 0 Å². The second kappa shape index (κ2) is 6.02. The van der Waals surface area contributed by atoms with E-state index in [1.165, 1.54) is 5.56 Å². The Morgan fingerprint density at radius 3 is 2.43 bits per heavy atom. The highest BCUT2D eigenvalue weighted by molar-refractivity contribution is 9.10. The molecule has 21 heavy (non-hydrogen) atoms. The Labute approximate surface area is 133 Å². The highest BCUT2D eigenvalue weighted by Crippen LogP contribution is 2.37. The van der Waals surface area contributed by atoms with Crippen molar-refractivity contribution in [2.75, 3.05) is 0 Å². The van der Waals surface area contributed by atoms with Crippen molar-refractivity contribution in [3.05, 3.63) is 69.7 Å². The highest BCUT2D eigenvalue weighted by atomic mass is 79.9. The molecular weight excluding hydrogens is 326 g/mol. The van der Waals surface area contributed by atoms with Gasteiger partial charge in [-0.1, -0.05) is 46.3 Å². The van der Waals surface area contributed by atoms with Gasteiger partial charge in [-0.05, 0) is 55.0 Å². The summed E-state index contributed by atoms with van der Waals surface area (Å²) in [7, 11) is 0. The first-order chi connectivity index (χ1) is 10.1. The molecule has 1 aliphatic rings. The lowest BCUT2D eigenvalue weighted by atomic mass is 9.76. The zero-order valence-corrected chi connectivity index (χ0v) is 13.6. The molecule has 1 amide bonds. The molecule has 0 saturated heterocycles. The van der Waals surface area contributed by atoms with E-state index in [9.17, 15) is 4.79 Å². The first-order valence-electron chi connectivity index (χ1n) is 7.25. The number of carbonyl (C=O) groups excluding carboxylic acids is 1. The fourth-order valence-electron chi connectivity index (χ4n) is 2.83. The van der Waals surface area contributed by atoms with Gasteiger partial charge < -0.3 is 5.32 Å². The SMILES string of the molecule is Cc1ccccc1C(=O)NC1CC(c2ccc(Br)cc2)C1. The van der Waals surface area contributed by atoms with Crippen LogP contribution >= 0.6 is 15.9 Å². The van der Waals surface area contributed by atoms with Gasteiger partial charge in [0.05, 0.1) is 0 Å². The van der Waals surface area contributed by atoms with Crippen LogP contribution in [0.1, 0.15) is 40.2 Å². The molecular formula is C18H18BrNO. The first-order valence-corrected chi connectivity index (χ1v) is 8.05. The van der Waals surface area contributed by atoms with Crippen LogP contribution in [0, 0.1) is 6.92 Å². The fourth-order valence-corrected chi connectivity index (χ4v) is 3.10. The van der Waals surface area contributed by atoms with Crippen LogP contribution in [-0.4, -0.2) is 11.9 Å². The zero-order valence-electron chi connectivity index (χ0n) is 12.0. The van der Waals surface area contributed by atoms with Gasteiger partial charge in [-0.15, -0.1) is 0 Å². The van der Waals surface area contributed by atoms with Crippen molar-refractivity contribution in [1.82, 2.24) is 5.32 Å². The maximum Gasteiger partial charge on any atom is 0.251 e. The molecule has 2 aromatic carbocycles. The highest BCUT2D eigenvalue weighted by Gasteiger charge is 2.31. The van der Waals surface area contributed by atoms with Crippen LogP contribution in [-0.2, 0) is 0 Å². The van der Waals surface area contributed by atoms with Crippen molar-refractivity contribution in [3.63, 3.8) is 0 Å². The van der Waals surface area contributed by atoms with Crippen molar-refractivity contribution in [2.45, 2.75) is 31.7 Å². The third-order valence-electron chi connectivity index (χ3n) is 4.20. The first kappa shape index (κ1) is 14.3. The predicted molar refractivity (Wildman–Crippen MR) is 88.6 cm³/mol. The molecule has 0 heterocycles. The third kappa shape index (κ3) is 3.18. The largest absolute Gasteiger partial charge is 0.349 e. The number of benzene rings is 2. The predicted octanol–water partition coefficient (Wildman–Crippen LogP) is 4.43. The average molecular weight is 344 g/mol. The summed E-state index contributed by atoms with van der Waals surface area (Å²) in [6.45, 7) is 1.97. The summed E-state index contributed by atoms with van der Waals surface area (Å²) in [6.07, 6.45) is 2.05. The van der Waals surface area contributed by atoms with E-state index in [2.05, 4.69) is 45.5 Å². The van der Waals surface area contributed by atoms with Crippen molar-refractivity contribution >= 4 is 21.8 Å². The Bertz CT molecular complexity index is 645. The molecule has 0 radical (unpaired) electrons. The number of aryl methyl sites for hydroxylation is 1. The van der Waals surface area contributed by atoms with E-state index >= 15 is 0 Å². The van der Waals surface area contributed by atoms with Gasteiger partial charge in [-0.25, -0.2) is 0 Å². The van der Waals surface area contributed by atoms with Gasteiger partial charge in [-0.3, -0.25) is 4.79 Å². The second-order valence-electron chi connectivity index (χ2n) is 5.71. The Hall–Kier alpha value is -1.61. The quantitative estimate of drug-likeness (QED) is 0.877. The van der Waals surface area contributed by atoms with Gasteiger partial charge in [0.25, 0.3) is 5.91 Å². The maximum absolute atomic E-state index is 12.2. The van der Waals surface area contributed by atoms with Gasteiger partial charge in [0, 0.05) is 16.1 Å². The molecule has 3 heteroatoms. The van der Waals surface area contributed by atoms with E-state index in [0.29, 0.717) is 12.0 Å². The molecule has 2 aromatic rings. The molecule has 0 aliphatic heterocycles. The number of halogens is 1. The Kier molecular flexibility index (Phi) is 4.11. The zero-order chi connectivity index (χ0) is 14.8. The van der Waals surface area contributed by atoms with E-state index < -0.39 is 0 Å². The Morgan fingerprint density at radius 2 is 1.76 bits per heavy atom. The number of nitrogens with one attached hydrogen (secondary N) is 1. The minimum absolute atomic E-state index is 0.0485. The number of amides is 1. The molecule has 1 fully saturated rings. The minimum Gasteiger partial charge on any atom is -0.349 e. The van der Waals surface area contributed by atoms with Crippen LogP contribution in [0.25, 0.3) is 0 Å². The van der Waals surface area contributed by atoms with Gasteiger partial charge in [0.1, 0.15) is 0 Å². The summed E-state index contributed by atoms with van der Waals surface area (Å²) in [5.74, 6) is 0.618. The molecule has 3 rings (SSSR count). The van der Waals surface area contributed by atoms with E-state index in [1.807, 2.05) is 31.2 Å². The van der Waals surface area contributed by atoms with Gasteiger partial charge >= 0.3 is 0 Å². The Balaban J connectivity index is 1.56. The summed E-state index contributed by atoms with van der Waals surface area (Å²) >= 11 is 3.45. The lowest BCUT2D eigenvalue weighted by Crippen LogP contribution is -2.43. The summed E-state index contributed by atoms with van der Waals surface area (Å²) in [5, 5.41) is 3.14. The van der Waals surface area contributed by atoms with Crippen LogP contribution in [0.5, 0.6) is 0 Å². The summed E-state index contributed by atoms with van der Waals surface area (Å²) < 4.78 is 1.11. The molecule has 0 atom stereocenters. The molecule has 0 unspecified atom stereocenters. The maximum atomic E-state index is 12.2. The standard InChI is InChI=1S/C18H18BrNO/c1-12-4-2-3-5-17(12)18(21)20-16-10-14(11-16)13-6-8-15(19)9-7-13/h2-9,14,16H,10-11H2,1H3,(H,20,21). The lowest BCUT2D eigenvalue weighted by molar-refractivity contribution is 0.0908. The molecule has 2 nitrogen and oxygen atoms in total.